The number of nitrogens with one attached hydrogen (secondary N) is 1. The zero-order valence-corrected chi connectivity index (χ0v) is 13.0. The van der Waals surface area contributed by atoms with Gasteiger partial charge in [0, 0.05) is 34.2 Å². The molecule has 2 aromatic heterocycles. The molecule has 4 nitrogen and oxygen atoms in total. The quantitative estimate of drug-likeness (QED) is 0.789. The maximum atomic E-state index is 5.91. The molecule has 2 heterocycles. The Bertz CT molecular complexity index is 777. The standard InChI is InChI=1S/C16H17ClN4/c1-10-8-16-18-9-15(12(3)21(16)20-10)11(2)19-14-6-4-13(17)5-7-14/h4-9,11,19H,1-3H3. The average Bonchev–Trinajstić information content (AvgIpc) is 2.83. The van der Waals surface area contributed by atoms with Crippen molar-refractivity contribution in [2.75, 3.05) is 5.32 Å². The van der Waals surface area contributed by atoms with Crippen LogP contribution in [0.2, 0.25) is 5.02 Å². The van der Waals surface area contributed by atoms with Gasteiger partial charge in [0.15, 0.2) is 5.65 Å². The largest absolute Gasteiger partial charge is 0.378 e. The van der Waals surface area contributed by atoms with Crippen molar-refractivity contribution >= 4 is 22.9 Å². The zero-order valence-electron chi connectivity index (χ0n) is 12.3. The highest BCUT2D eigenvalue weighted by Crippen LogP contribution is 2.23. The third-order valence-electron chi connectivity index (χ3n) is 3.58. The van der Waals surface area contributed by atoms with Crippen molar-refractivity contribution in [1.29, 1.82) is 0 Å². The van der Waals surface area contributed by atoms with Crippen molar-refractivity contribution < 1.29 is 0 Å². The second-order valence-electron chi connectivity index (χ2n) is 5.23. The van der Waals surface area contributed by atoms with Gasteiger partial charge in [-0.25, -0.2) is 9.50 Å². The molecular formula is C16H17ClN4. The number of nitrogens with zero attached hydrogens (tertiary/aromatic N) is 3. The van der Waals surface area contributed by atoms with Crippen LogP contribution in [0.25, 0.3) is 5.65 Å². The third-order valence-corrected chi connectivity index (χ3v) is 3.83. The van der Waals surface area contributed by atoms with E-state index in [9.17, 15) is 0 Å². The van der Waals surface area contributed by atoms with Crippen LogP contribution in [0, 0.1) is 13.8 Å². The smallest absolute Gasteiger partial charge is 0.155 e. The van der Waals surface area contributed by atoms with Gasteiger partial charge in [-0.3, -0.25) is 0 Å². The van der Waals surface area contributed by atoms with E-state index >= 15 is 0 Å². The lowest BCUT2D eigenvalue weighted by atomic mass is 10.1. The van der Waals surface area contributed by atoms with Gasteiger partial charge in [0.2, 0.25) is 0 Å². The Morgan fingerprint density at radius 3 is 2.62 bits per heavy atom. The maximum absolute atomic E-state index is 5.91. The number of rotatable bonds is 3. The monoisotopic (exact) mass is 300 g/mol. The van der Waals surface area contributed by atoms with E-state index < -0.39 is 0 Å². The van der Waals surface area contributed by atoms with Crippen LogP contribution in [0.15, 0.2) is 36.5 Å². The summed E-state index contributed by atoms with van der Waals surface area (Å²) in [5.74, 6) is 0. The molecule has 1 aromatic carbocycles. The molecule has 0 radical (unpaired) electrons. The highest BCUT2D eigenvalue weighted by atomic mass is 35.5. The molecule has 1 unspecified atom stereocenters. The second-order valence-corrected chi connectivity index (χ2v) is 5.66. The summed E-state index contributed by atoms with van der Waals surface area (Å²) < 4.78 is 1.89. The van der Waals surface area contributed by atoms with Gasteiger partial charge in [-0.05, 0) is 45.0 Å². The summed E-state index contributed by atoms with van der Waals surface area (Å²) >= 11 is 5.91. The first-order chi connectivity index (χ1) is 10.0. The van der Waals surface area contributed by atoms with Crippen LogP contribution in [0.5, 0.6) is 0 Å². The number of anilines is 1. The highest BCUT2D eigenvalue weighted by Gasteiger charge is 2.13. The molecule has 0 bridgehead atoms. The second kappa shape index (κ2) is 5.37. The highest BCUT2D eigenvalue weighted by molar-refractivity contribution is 6.30. The lowest BCUT2D eigenvalue weighted by Crippen LogP contribution is -2.11. The molecule has 0 amide bonds. The molecule has 0 aliphatic carbocycles. The summed E-state index contributed by atoms with van der Waals surface area (Å²) in [4.78, 5) is 4.48. The number of fused-ring (bicyclic) bond motifs is 1. The van der Waals surface area contributed by atoms with Gasteiger partial charge >= 0.3 is 0 Å². The lowest BCUT2D eigenvalue weighted by molar-refractivity contribution is 0.798. The molecule has 1 N–H and O–H groups in total. The number of halogens is 1. The first-order valence-corrected chi connectivity index (χ1v) is 7.26. The first kappa shape index (κ1) is 13.9. The normalized spacial score (nSPS) is 12.6. The first-order valence-electron chi connectivity index (χ1n) is 6.88. The maximum Gasteiger partial charge on any atom is 0.155 e. The molecule has 21 heavy (non-hydrogen) atoms. The number of aryl methyl sites for hydroxylation is 2. The molecule has 0 saturated heterocycles. The number of hydrogen-bond acceptors (Lipinski definition) is 3. The Labute approximate surface area is 128 Å². The van der Waals surface area contributed by atoms with Crippen LogP contribution < -0.4 is 5.32 Å². The van der Waals surface area contributed by atoms with E-state index in [1.807, 2.05) is 48.0 Å². The van der Waals surface area contributed by atoms with E-state index in [0.717, 1.165) is 33.3 Å². The van der Waals surface area contributed by atoms with Gasteiger partial charge in [-0.1, -0.05) is 11.6 Å². The number of hydrogen-bond donors (Lipinski definition) is 1. The van der Waals surface area contributed by atoms with Crippen LogP contribution >= 0.6 is 11.6 Å². The van der Waals surface area contributed by atoms with Crippen molar-refractivity contribution in [3.05, 3.63) is 58.5 Å². The SMILES string of the molecule is Cc1cc2ncc(C(C)Nc3ccc(Cl)cc3)c(C)n2n1. The molecule has 0 spiro atoms. The van der Waals surface area contributed by atoms with Gasteiger partial charge < -0.3 is 5.32 Å². The van der Waals surface area contributed by atoms with Gasteiger partial charge in [0.1, 0.15) is 0 Å². The predicted octanol–water partition coefficient (Wildman–Crippen LogP) is 4.17. The summed E-state index contributed by atoms with van der Waals surface area (Å²) in [5, 5.41) is 8.68. The minimum Gasteiger partial charge on any atom is -0.378 e. The van der Waals surface area contributed by atoms with E-state index in [-0.39, 0.29) is 6.04 Å². The van der Waals surface area contributed by atoms with Crippen molar-refractivity contribution in [3.8, 4) is 0 Å². The van der Waals surface area contributed by atoms with E-state index in [1.165, 1.54) is 0 Å². The van der Waals surface area contributed by atoms with E-state index in [4.69, 9.17) is 11.6 Å². The summed E-state index contributed by atoms with van der Waals surface area (Å²) in [7, 11) is 0. The van der Waals surface area contributed by atoms with E-state index in [0.29, 0.717) is 0 Å². The van der Waals surface area contributed by atoms with Crippen LogP contribution in [-0.2, 0) is 0 Å². The number of benzene rings is 1. The Balaban J connectivity index is 1.92. The average molecular weight is 301 g/mol. The molecule has 1 atom stereocenters. The Morgan fingerprint density at radius 1 is 1.19 bits per heavy atom. The molecule has 0 fully saturated rings. The molecule has 108 valence electrons. The fourth-order valence-electron chi connectivity index (χ4n) is 2.47. The Morgan fingerprint density at radius 2 is 1.90 bits per heavy atom. The third kappa shape index (κ3) is 2.72. The fraction of sp³-hybridized carbons (Fsp3) is 0.250. The molecule has 3 rings (SSSR count). The summed E-state index contributed by atoms with van der Waals surface area (Å²) in [6, 6.07) is 9.81. The molecule has 0 saturated carbocycles. The van der Waals surface area contributed by atoms with Gasteiger partial charge in [0.25, 0.3) is 0 Å². The molecule has 3 aromatic rings. The lowest BCUT2D eigenvalue weighted by Gasteiger charge is -2.18. The van der Waals surface area contributed by atoms with Crippen molar-refractivity contribution in [2.24, 2.45) is 0 Å². The van der Waals surface area contributed by atoms with Crippen LogP contribution in [0.4, 0.5) is 5.69 Å². The van der Waals surface area contributed by atoms with Crippen LogP contribution in [0.1, 0.15) is 29.9 Å². The van der Waals surface area contributed by atoms with E-state index in [2.05, 4.69) is 29.2 Å². The van der Waals surface area contributed by atoms with E-state index in [1.54, 1.807) is 0 Å². The Kier molecular flexibility index (Phi) is 3.55. The zero-order chi connectivity index (χ0) is 15.0. The predicted molar refractivity (Wildman–Crippen MR) is 86.0 cm³/mol. The van der Waals surface area contributed by atoms with Crippen molar-refractivity contribution in [1.82, 2.24) is 14.6 Å². The molecule has 0 aliphatic rings. The fourth-order valence-corrected chi connectivity index (χ4v) is 2.60. The summed E-state index contributed by atoms with van der Waals surface area (Å²) in [5.41, 5.74) is 5.11. The minimum absolute atomic E-state index is 0.132. The van der Waals surface area contributed by atoms with Crippen molar-refractivity contribution in [2.45, 2.75) is 26.8 Å². The molecule has 5 heteroatoms. The molecular weight excluding hydrogens is 284 g/mol. The molecule has 0 aliphatic heterocycles. The van der Waals surface area contributed by atoms with Crippen LogP contribution in [-0.4, -0.2) is 14.6 Å². The summed E-state index contributed by atoms with van der Waals surface area (Å²) in [6.45, 7) is 6.15. The van der Waals surface area contributed by atoms with Gasteiger partial charge in [-0.15, -0.1) is 0 Å². The van der Waals surface area contributed by atoms with Gasteiger partial charge in [-0.2, -0.15) is 5.10 Å². The Hall–Kier alpha value is -2.07. The van der Waals surface area contributed by atoms with Crippen molar-refractivity contribution in [3.63, 3.8) is 0 Å². The van der Waals surface area contributed by atoms with Gasteiger partial charge in [0.05, 0.1) is 11.7 Å². The summed E-state index contributed by atoms with van der Waals surface area (Å²) in [6.07, 6.45) is 1.92. The van der Waals surface area contributed by atoms with Crippen LogP contribution in [0.3, 0.4) is 0 Å². The topological polar surface area (TPSA) is 42.2 Å². The number of aromatic nitrogens is 3. The minimum atomic E-state index is 0.132.